The van der Waals surface area contributed by atoms with Crippen molar-refractivity contribution in [3.8, 4) is 0 Å². The van der Waals surface area contributed by atoms with E-state index >= 15 is 0 Å². The van der Waals surface area contributed by atoms with E-state index in [0.29, 0.717) is 12.8 Å². The number of aryl methyl sites for hydroxylation is 1. The summed E-state index contributed by atoms with van der Waals surface area (Å²) in [6, 6.07) is 7.02. The van der Waals surface area contributed by atoms with E-state index in [9.17, 15) is 4.79 Å². The Morgan fingerprint density at radius 1 is 1.47 bits per heavy atom. The van der Waals surface area contributed by atoms with Gasteiger partial charge in [-0.05, 0) is 25.0 Å². The van der Waals surface area contributed by atoms with E-state index in [2.05, 4.69) is 9.97 Å². The monoisotopic (exact) mass is 233 g/mol. The molecule has 1 unspecified atom stereocenters. The van der Waals surface area contributed by atoms with Gasteiger partial charge in [0.15, 0.2) is 0 Å². The number of aliphatic carboxylic acids is 1. The molecule has 4 N–H and O–H groups in total. The molecule has 0 radical (unpaired) electrons. The number of carboxylic acid groups (broad SMARTS) is 1. The molecule has 1 heterocycles. The third kappa shape index (κ3) is 2.82. The second-order valence-corrected chi connectivity index (χ2v) is 4.04. The van der Waals surface area contributed by atoms with Crippen molar-refractivity contribution in [2.45, 2.75) is 25.3 Å². The lowest BCUT2D eigenvalue weighted by Crippen LogP contribution is -2.29. The van der Waals surface area contributed by atoms with Crippen LogP contribution in [-0.4, -0.2) is 27.1 Å². The number of hydrogen-bond donors (Lipinski definition) is 3. The number of H-pyrrole nitrogens is 1. The number of hydrogen-bond acceptors (Lipinski definition) is 3. The summed E-state index contributed by atoms with van der Waals surface area (Å²) in [7, 11) is 0. The normalized spacial score (nSPS) is 12.8. The lowest BCUT2D eigenvalue weighted by atomic mass is 10.1. The van der Waals surface area contributed by atoms with Crippen LogP contribution in [0.1, 0.15) is 18.7 Å². The molecule has 0 spiro atoms. The maximum Gasteiger partial charge on any atom is 0.320 e. The average Bonchev–Trinajstić information content (AvgIpc) is 2.71. The van der Waals surface area contributed by atoms with Crippen molar-refractivity contribution >= 4 is 17.0 Å². The predicted octanol–water partition coefficient (Wildman–Crippen LogP) is 1.30. The maximum absolute atomic E-state index is 10.5. The van der Waals surface area contributed by atoms with Gasteiger partial charge in [-0.2, -0.15) is 0 Å². The van der Waals surface area contributed by atoms with Crippen LogP contribution in [0.4, 0.5) is 0 Å². The summed E-state index contributed by atoms with van der Waals surface area (Å²) in [5.74, 6) is -0.0709. The lowest BCUT2D eigenvalue weighted by Gasteiger charge is -2.03. The van der Waals surface area contributed by atoms with E-state index in [1.165, 1.54) is 0 Å². The maximum atomic E-state index is 10.5. The van der Waals surface area contributed by atoms with Crippen molar-refractivity contribution in [3.05, 3.63) is 30.1 Å². The van der Waals surface area contributed by atoms with Crippen molar-refractivity contribution in [2.75, 3.05) is 0 Å². The molecule has 1 aromatic heterocycles. The summed E-state index contributed by atoms with van der Waals surface area (Å²) in [5, 5.41) is 8.65. The minimum atomic E-state index is -0.949. The van der Waals surface area contributed by atoms with Crippen molar-refractivity contribution in [1.29, 1.82) is 0 Å². The summed E-state index contributed by atoms with van der Waals surface area (Å²) in [6.07, 6.45) is 1.90. The molecule has 0 saturated carbocycles. The van der Waals surface area contributed by atoms with Gasteiger partial charge in [0.1, 0.15) is 11.9 Å². The Morgan fingerprint density at radius 3 is 2.94 bits per heavy atom. The number of imidazole rings is 1. The van der Waals surface area contributed by atoms with Crippen LogP contribution in [0, 0.1) is 0 Å². The summed E-state index contributed by atoms with van der Waals surface area (Å²) < 4.78 is 0. The number of aromatic nitrogens is 2. The molecule has 0 saturated heterocycles. The molecule has 0 aliphatic carbocycles. The third-order valence-electron chi connectivity index (χ3n) is 2.68. The van der Waals surface area contributed by atoms with Gasteiger partial charge in [0.25, 0.3) is 0 Å². The number of rotatable bonds is 5. The van der Waals surface area contributed by atoms with Crippen LogP contribution in [0.3, 0.4) is 0 Å². The van der Waals surface area contributed by atoms with Crippen molar-refractivity contribution < 1.29 is 9.90 Å². The van der Waals surface area contributed by atoms with Gasteiger partial charge < -0.3 is 15.8 Å². The fraction of sp³-hybridized carbons (Fsp3) is 0.333. The van der Waals surface area contributed by atoms with Crippen LogP contribution in [0.25, 0.3) is 11.0 Å². The molecular formula is C12H15N3O2. The summed E-state index contributed by atoms with van der Waals surface area (Å²) in [5.41, 5.74) is 7.37. The van der Waals surface area contributed by atoms with Crippen molar-refractivity contribution in [1.82, 2.24) is 9.97 Å². The molecule has 17 heavy (non-hydrogen) atoms. The first-order valence-electron chi connectivity index (χ1n) is 5.59. The number of para-hydroxylation sites is 2. The van der Waals surface area contributed by atoms with Crippen molar-refractivity contribution in [3.63, 3.8) is 0 Å². The highest BCUT2D eigenvalue weighted by Crippen LogP contribution is 2.12. The molecule has 2 aromatic rings. The number of nitrogens with zero attached hydrogens (tertiary/aromatic N) is 1. The van der Waals surface area contributed by atoms with Gasteiger partial charge in [-0.15, -0.1) is 0 Å². The molecule has 0 amide bonds. The lowest BCUT2D eigenvalue weighted by molar-refractivity contribution is -0.138. The fourth-order valence-corrected chi connectivity index (χ4v) is 1.74. The largest absolute Gasteiger partial charge is 0.480 e. The molecule has 90 valence electrons. The highest BCUT2D eigenvalue weighted by molar-refractivity contribution is 5.74. The molecule has 0 aliphatic rings. The Balaban J connectivity index is 1.93. The van der Waals surface area contributed by atoms with E-state index in [1.54, 1.807) is 0 Å². The van der Waals surface area contributed by atoms with Crippen LogP contribution in [0.5, 0.6) is 0 Å². The van der Waals surface area contributed by atoms with Crippen molar-refractivity contribution in [2.24, 2.45) is 5.73 Å². The van der Waals surface area contributed by atoms with Crippen LogP contribution < -0.4 is 5.73 Å². The highest BCUT2D eigenvalue weighted by Gasteiger charge is 2.11. The number of nitrogens with two attached hydrogens (primary N) is 1. The van der Waals surface area contributed by atoms with Gasteiger partial charge in [-0.25, -0.2) is 4.98 Å². The SMILES string of the molecule is NC(CCCc1nc2ccccc2[nH]1)C(=O)O. The number of benzene rings is 1. The van der Waals surface area contributed by atoms with Crippen LogP contribution in [0.15, 0.2) is 24.3 Å². The standard InChI is InChI=1S/C12H15N3O2/c13-8(12(16)17)4-3-7-11-14-9-5-1-2-6-10(9)15-11/h1-2,5-6,8H,3-4,7,13H2,(H,14,15)(H,16,17). The first kappa shape index (κ1) is 11.6. The molecule has 0 aliphatic heterocycles. The number of carboxylic acids is 1. The number of carbonyl (C=O) groups is 1. The number of nitrogens with one attached hydrogen (secondary N) is 1. The Hall–Kier alpha value is -1.88. The molecule has 0 fully saturated rings. The van der Waals surface area contributed by atoms with E-state index in [4.69, 9.17) is 10.8 Å². The van der Waals surface area contributed by atoms with E-state index in [1.807, 2.05) is 24.3 Å². The minimum Gasteiger partial charge on any atom is -0.480 e. The first-order valence-corrected chi connectivity index (χ1v) is 5.59. The zero-order chi connectivity index (χ0) is 12.3. The van der Waals surface area contributed by atoms with Crippen LogP contribution in [-0.2, 0) is 11.2 Å². The molecule has 5 heteroatoms. The molecule has 1 aromatic carbocycles. The second kappa shape index (κ2) is 4.97. The first-order chi connectivity index (χ1) is 8.16. The predicted molar refractivity (Wildman–Crippen MR) is 64.6 cm³/mol. The van der Waals surface area contributed by atoms with Crippen LogP contribution in [0.2, 0.25) is 0 Å². The fourth-order valence-electron chi connectivity index (χ4n) is 1.74. The highest BCUT2D eigenvalue weighted by atomic mass is 16.4. The Bertz CT molecular complexity index is 488. The van der Waals surface area contributed by atoms with Gasteiger partial charge in [0, 0.05) is 6.42 Å². The van der Waals surface area contributed by atoms with Gasteiger partial charge in [0.2, 0.25) is 0 Å². The van der Waals surface area contributed by atoms with Gasteiger partial charge in [-0.3, -0.25) is 4.79 Å². The molecule has 2 rings (SSSR count). The average molecular weight is 233 g/mol. The van der Waals surface area contributed by atoms with E-state index in [0.717, 1.165) is 23.3 Å². The summed E-state index contributed by atoms with van der Waals surface area (Å²) >= 11 is 0. The minimum absolute atomic E-state index is 0.465. The van der Waals surface area contributed by atoms with Gasteiger partial charge in [0.05, 0.1) is 11.0 Å². The zero-order valence-electron chi connectivity index (χ0n) is 9.39. The molecule has 1 atom stereocenters. The Labute approximate surface area is 98.7 Å². The number of aromatic amines is 1. The van der Waals surface area contributed by atoms with Gasteiger partial charge in [-0.1, -0.05) is 12.1 Å². The topological polar surface area (TPSA) is 92.0 Å². The smallest absolute Gasteiger partial charge is 0.320 e. The van der Waals surface area contributed by atoms with Crippen LogP contribution >= 0.6 is 0 Å². The molecular weight excluding hydrogens is 218 g/mol. The second-order valence-electron chi connectivity index (χ2n) is 4.04. The molecule has 5 nitrogen and oxygen atoms in total. The Kier molecular flexibility index (Phi) is 3.39. The quantitative estimate of drug-likeness (QED) is 0.725. The van der Waals surface area contributed by atoms with Gasteiger partial charge >= 0.3 is 5.97 Å². The zero-order valence-corrected chi connectivity index (χ0v) is 9.39. The van der Waals surface area contributed by atoms with E-state index < -0.39 is 12.0 Å². The van der Waals surface area contributed by atoms with E-state index in [-0.39, 0.29) is 0 Å². The number of fused-ring (bicyclic) bond motifs is 1. The Morgan fingerprint density at radius 2 is 2.24 bits per heavy atom. The third-order valence-corrected chi connectivity index (χ3v) is 2.68. The summed E-state index contributed by atoms with van der Waals surface area (Å²) in [4.78, 5) is 18.1. The molecule has 0 bridgehead atoms. The summed E-state index contributed by atoms with van der Waals surface area (Å²) in [6.45, 7) is 0.